The van der Waals surface area contributed by atoms with Crippen LogP contribution in [0.25, 0.3) is 0 Å². The van der Waals surface area contributed by atoms with Crippen LogP contribution >= 0.6 is 0 Å². The van der Waals surface area contributed by atoms with Crippen molar-refractivity contribution in [2.45, 2.75) is 13.1 Å². The third kappa shape index (κ3) is 2.15. The molecule has 0 bridgehead atoms. The quantitative estimate of drug-likeness (QED) is 0.629. The lowest BCUT2D eigenvalue weighted by Crippen LogP contribution is -2.26. The lowest BCUT2D eigenvalue weighted by Gasteiger charge is -2.15. The van der Waals surface area contributed by atoms with E-state index in [4.69, 9.17) is 5.84 Å². The third-order valence-electron chi connectivity index (χ3n) is 3.27. The summed E-state index contributed by atoms with van der Waals surface area (Å²) in [5.74, 6) is 5.26. The Morgan fingerprint density at radius 1 is 1.21 bits per heavy atom. The van der Waals surface area contributed by atoms with E-state index in [0.717, 1.165) is 0 Å². The standard InChI is InChI=1S/C14H14N4O/c15-17-12-5-6-16-13(7-12)14(19)18-8-10-3-1-2-4-11(10)9-18/h1-7H,8-9,15H2,(H,16,17). The molecule has 1 amide bonds. The zero-order valence-electron chi connectivity index (χ0n) is 10.3. The molecule has 0 aliphatic carbocycles. The van der Waals surface area contributed by atoms with Crippen molar-refractivity contribution in [3.8, 4) is 0 Å². The zero-order chi connectivity index (χ0) is 13.2. The highest BCUT2D eigenvalue weighted by Crippen LogP contribution is 2.23. The molecule has 5 heteroatoms. The van der Waals surface area contributed by atoms with Crippen LogP contribution < -0.4 is 11.3 Å². The van der Waals surface area contributed by atoms with Gasteiger partial charge in [0.2, 0.25) is 0 Å². The number of pyridine rings is 1. The molecule has 1 aromatic heterocycles. The molecule has 1 aliphatic rings. The maximum atomic E-state index is 12.4. The molecule has 3 N–H and O–H groups in total. The summed E-state index contributed by atoms with van der Waals surface area (Å²) in [6.07, 6.45) is 1.58. The minimum Gasteiger partial charge on any atom is -0.329 e. The van der Waals surface area contributed by atoms with Crippen molar-refractivity contribution in [1.29, 1.82) is 0 Å². The van der Waals surface area contributed by atoms with Gasteiger partial charge in [0.25, 0.3) is 5.91 Å². The molecule has 1 aromatic carbocycles. The van der Waals surface area contributed by atoms with Gasteiger partial charge < -0.3 is 10.3 Å². The highest BCUT2D eigenvalue weighted by atomic mass is 16.2. The highest BCUT2D eigenvalue weighted by molar-refractivity contribution is 5.93. The number of benzene rings is 1. The Bertz CT molecular complexity index is 601. The number of nitrogens with two attached hydrogens (primary N) is 1. The van der Waals surface area contributed by atoms with Gasteiger partial charge >= 0.3 is 0 Å². The third-order valence-corrected chi connectivity index (χ3v) is 3.27. The molecule has 2 aromatic rings. The van der Waals surface area contributed by atoms with E-state index < -0.39 is 0 Å². The number of fused-ring (bicyclic) bond motifs is 1. The SMILES string of the molecule is NNc1ccnc(C(=O)N2Cc3ccccc3C2)c1. The van der Waals surface area contributed by atoms with Gasteiger partial charge in [-0.25, -0.2) is 0 Å². The number of carbonyl (C=O) groups excluding carboxylic acids is 1. The fraction of sp³-hybridized carbons (Fsp3) is 0.143. The predicted molar refractivity (Wildman–Crippen MR) is 72.1 cm³/mol. The molecule has 96 valence electrons. The topological polar surface area (TPSA) is 71.2 Å². The summed E-state index contributed by atoms with van der Waals surface area (Å²) in [5.41, 5.74) is 6.00. The van der Waals surface area contributed by atoms with Gasteiger partial charge in [0, 0.05) is 19.3 Å². The Labute approximate surface area is 111 Å². The van der Waals surface area contributed by atoms with Crippen LogP contribution in [0.5, 0.6) is 0 Å². The van der Waals surface area contributed by atoms with E-state index in [1.165, 1.54) is 11.1 Å². The van der Waals surface area contributed by atoms with Crippen molar-refractivity contribution in [2.24, 2.45) is 5.84 Å². The van der Waals surface area contributed by atoms with E-state index in [-0.39, 0.29) is 5.91 Å². The molecule has 1 aliphatic heterocycles. The van der Waals surface area contributed by atoms with Crippen LogP contribution in [-0.4, -0.2) is 15.8 Å². The van der Waals surface area contributed by atoms with Crippen molar-refractivity contribution < 1.29 is 4.79 Å². The number of hydrogen-bond donors (Lipinski definition) is 2. The molecule has 5 nitrogen and oxygen atoms in total. The number of carbonyl (C=O) groups is 1. The molecule has 3 rings (SSSR count). The summed E-state index contributed by atoms with van der Waals surface area (Å²) >= 11 is 0. The van der Waals surface area contributed by atoms with Gasteiger partial charge in [-0.3, -0.25) is 15.6 Å². The Balaban J connectivity index is 1.83. The highest BCUT2D eigenvalue weighted by Gasteiger charge is 2.24. The number of hydrogen-bond acceptors (Lipinski definition) is 4. The number of amides is 1. The molecule has 0 atom stereocenters. The number of rotatable bonds is 2. The molecule has 0 fully saturated rings. The van der Waals surface area contributed by atoms with E-state index in [0.29, 0.717) is 24.5 Å². The van der Waals surface area contributed by atoms with Gasteiger partial charge in [0.15, 0.2) is 0 Å². The van der Waals surface area contributed by atoms with Crippen molar-refractivity contribution in [1.82, 2.24) is 9.88 Å². The number of aromatic nitrogens is 1. The molecular formula is C14H14N4O. The van der Waals surface area contributed by atoms with Gasteiger partial charge in [-0.15, -0.1) is 0 Å². The Morgan fingerprint density at radius 2 is 1.89 bits per heavy atom. The zero-order valence-corrected chi connectivity index (χ0v) is 10.3. The predicted octanol–water partition coefficient (Wildman–Crippen LogP) is 1.52. The molecule has 0 unspecified atom stereocenters. The maximum Gasteiger partial charge on any atom is 0.273 e. The van der Waals surface area contributed by atoms with Gasteiger partial charge in [-0.05, 0) is 23.3 Å². The summed E-state index contributed by atoms with van der Waals surface area (Å²) in [6, 6.07) is 11.5. The Kier molecular flexibility index (Phi) is 2.89. The monoisotopic (exact) mass is 254 g/mol. The molecule has 0 radical (unpaired) electrons. The molecule has 0 saturated carbocycles. The minimum absolute atomic E-state index is 0.0756. The number of anilines is 1. The fourth-order valence-corrected chi connectivity index (χ4v) is 2.28. The second kappa shape index (κ2) is 4.70. The van der Waals surface area contributed by atoms with Crippen LogP contribution in [0.2, 0.25) is 0 Å². The summed E-state index contributed by atoms with van der Waals surface area (Å²) in [4.78, 5) is 18.3. The number of hydrazine groups is 1. The first-order valence-corrected chi connectivity index (χ1v) is 6.06. The number of nitrogen functional groups attached to an aromatic ring is 1. The van der Waals surface area contributed by atoms with Crippen molar-refractivity contribution in [2.75, 3.05) is 5.43 Å². The molecule has 0 saturated heterocycles. The van der Waals surface area contributed by atoms with E-state index in [1.807, 2.05) is 24.3 Å². The minimum atomic E-state index is -0.0756. The van der Waals surface area contributed by atoms with Crippen molar-refractivity contribution in [3.63, 3.8) is 0 Å². The van der Waals surface area contributed by atoms with E-state index in [9.17, 15) is 4.79 Å². The van der Waals surface area contributed by atoms with Gasteiger partial charge in [0.05, 0.1) is 5.69 Å². The Morgan fingerprint density at radius 3 is 2.53 bits per heavy atom. The van der Waals surface area contributed by atoms with Crippen molar-refractivity contribution in [3.05, 3.63) is 59.4 Å². The molecule has 2 heterocycles. The first kappa shape index (κ1) is 11.7. The van der Waals surface area contributed by atoms with E-state index in [1.54, 1.807) is 23.2 Å². The van der Waals surface area contributed by atoms with Gasteiger partial charge in [-0.1, -0.05) is 24.3 Å². The smallest absolute Gasteiger partial charge is 0.273 e. The summed E-state index contributed by atoms with van der Waals surface area (Å²) in [6.45, 7) is 1.27. The van der Waals surface area contributed by atoms with Crippen LogP contribution in [0.4, 0.5) is 5.69 Å². The summed E-state index contributed by atoms with van der Waals surface area (Å²) < 4.78 is 0. The van der Waals surface area contributed by atoms with Crippen LogP contribution in [0, 0.1) is 0 Å². The van der Waals surface area contributed by atoms with E-state index >= 15 is 0 Å². The number of nitrogens with zero attached hydrogens (tertiary/aromatic N) is 2. The first-order valence-electron chi connectivity index (χ1n) is 6.06. The average Bonchev–Trinajstić information content (AvgIpc) is 2.90. The molecule has 19 heavy (non-hydrogen) atoms. The Hall–Kier alpha value is -2.40. The average molecular weight is 254 g/mol. The van der Waals surface area contributed by atoms with E-state index in [2.05, 4.69) is 10.4 Å². The second-order valence-electron chi connectivity index (χ2n) is 4.50. The lowest BCUT2D eigenvalue weighted by molar-refractivity contribution is 0.0745. The lowest BCUT2D eigenvalue weighted by atomic mass is 10.1. The fourth-order valence-electron chi connectivity index (χ4n) is 2.28. The largest absolute Gasteiger partial charge is 0.329 e. The molecular weight excluding hydrogens is 240 g/mol. The molecule has 0 spiro atoms. The summed E-state index contributed by atoms with van der Waals surface area (Å²) in [5, 5.41) is 0. The van der Waals surface area contributed by atoms with Gasteiger partial charge in [-0.2, -0.15) is 0 Å². The van der Waals surface area contributed by atoms with Crippen LogP contribution in [0.3, 0.4) is 0 Å². The van der Waals surface area contributed by atoms with Crippen LogP contribution in [0.1, 0.15) is 21.6 Å². The van der Waals surface area contributed by atoms with Crippen LogP contribution in [0.15, 0.2) is 42.6 Å². The second-order valence-corrected chi connectivity index (χ2v) is 4.50. The van der Waals surface area contributed by atoms with Gasteiger partial charge in [0.1, 0.15) is 5.69 Å². The maximum absolute atomic E-state index is 12.4. The van der Waals surface area contributed by atoms with Crippen LogP contribution in [-0.2, 0) is 13.1 Å². The normalized spacial score (nSPS) is 13.2. The van der Waals surface area contributed by atoms with Crippen molar-refractivity contribution >= 4 is 11.6 Å². The first-order chi connectivity index (χ1) is 9.28. The summed E-state index contributed by atoms with van der Waals surface area (Å²) in [7, 11) is 0. The number of nitrogens with one attached hydrogen (secondary N) is 1.